The first-order valence-corrected chi connectivity index (χ1v) is 6.55. The van der Waals surface area contributed by atoms with Crippen molar-refractivity contribution in [3.05, 3.63) is 42.0 Å². The van der Waals surface area contributed by atoms with E-state index in [0.29, 0.717) is 11.8 Å². The molecular formula is C15H24Cl2N2O. The first-order chi connectivity index (χ1) is 8.66. The summed E-state index contributed by atoms with van der Waals surface area (Å²) in [6.45, 7) is 10.3. The Balaban J connectivity index is 0.00000180. The zero-order valence-corrected chi connectivity index (χ0v) is 13.5. The molecule has 20 heavy (non-hydrogen) atoms. The topological polar surface area (TPSA) is 35.5 Å². The van der Waals surface area contributed by atoms with Gasteiger partial charge in [-0.1, -0.05) is 17.7 Å². The number of hydrogen-bond donors (Lipinski definition) is 2. The Morgan fingerprint density at radius 3 is 2.30 bits per heavy atom. The van der Waals surface area contributed by atoms with Crippen molar-refractivity contribution in [3.8, 4) is 5.75 Å². The lowest BCUT2D eigenvalue weighted by molar-refractivity contribution is 0.172. The number of nitrogens with zero attached hydrogens (tertiary/aromatic N) is 1. The van der Waals surface area contributed by atoms with Crippen molar-refractivity contribution in [2.45, 2.75) is 19.4 Å². The molecule has 1 aliphatic heterocycles. The second-order valence-electron chi connectivity index (χ2n) is 5.05. The van der Waals surface area contributed by atoms with Gasteiger partial charge in [0.15, 0.2) is 0 Å². The van der Waals surface area contributed by atoms with E-state index in [4.69, 9.17) is 0 Å². The molecule has 1 saturated heterocycles. The van der Waals surface area contributed by atoms with E-state index in [1.54, 1.807) is 12.1 Å². The minimum absolute atomic E-state index is 0. The maximum absolute atomic E-state index is 9.39. The first kappa shape index (κ1) is 19.3. The van der Waals surface area contributed by atoms with E-state index in [-0.39, 0.29) is 24.8 Å². The molecule has 0 bridgehead atoms. The van der Waals surface area contributed by atoms with E-state index in [0.717, 1.165) is 32.6 Å². The minimum Gasteiger partial charge on any atom is -0.508 e. The predicted octanol–water partition coefficient (Wildman–Crippen LogP) is 3.15. The molecule has 5 heteroatoms. The second kappa shape index (κ2) is 9.24. The van der Waals surface area contributed by atoms with Crippen LogP contribution in [0, 0.1) is 0 Å². The van der Waals surface area contributed by atoms with Crippen LogP contribution < -0.4 is 5.32 Å². The lowest BCUT2D eigenvalue weighted by Crippen LogP contribution is -2.45. The third kappa shape index (κ3) is 5.33. The minimum atomic E-state index is 0. The van der Waals surface area contributed by atoms with Gasteiger partial charge in [-0.3, -0.25) is 4.90 Å². The van der Waals surface area contributed by atoms with Gasteiger partial charge in [0.25, 0.3) is 0 Å². The van der Waals surface area contributed by atoms with E-state index in [9.17, 15) is 5.11 Å². The summed E-state index contributed by atoms with van der Waals surface area (Å²) < 4.78 is 0. The van der Waals surface area contributed by atoms with E-state index < -0.39 is 0 Å². The molecule has 1 aromatic carbocycles. The Kier molecular flexibility index (Phi) is 8.90. The molecule has 0 aliphatic carbocycles. The van der Waals surface area contributed by atoms with Crippen molar-refractivity contribution >= 4 is 24.8 Å². The lowest BCUT2D eigenvalue weighted by Gasteiger charge is -2.35. The van der Waals surface area contributed by atoms with Crippen LogP contribution in [-0.4, -0.2) is 36.2 Å². The van der Waals surface area contributed by atoms with Crippen molar-refractivity contribution in [1.82, 2.24) is 10.2 Å². The van der Waals surface area contributed by atoms with Crippen molar-refractivity contribution in [1.29, 1.82) is 0 Å². The standard InChI is InChI=1S/C15H22N2O.2ClH/c1-12(2)11-15(17-9-7-16-8-10-17)13-3-5-14(18)6-4-13;;/h3-6,15-16,18H,1,7-11H2,2H3;2*1H/t15-;;/m1../s1. The Bertz CT molecular complexity index is 403. The summed E-state index contributed by atoms with van der Waals surface area (Å²) in [4.78, 5) is 2.50. The first-order valence-electron chi connectivity index (χ1n) is 6.55. The second-order valence-corrected chi connectivity index (χ2v) is 5.05. The van der Waals surface area contributed by atoms with Gasteiger partial charge in [-0.05, 0) is 31.0 Å². The summed E-state index contributed by atoms with van der Waals surface area (Å²) in [5.41, 5.74) is 2.46. The molecule has 114 valence electrons. The summed E-state index contributed by atoms with van der Waals surface area (Å²) in [6, 6.07) is 7.95. The Morgan fingerprint density at radius 2 is 1.80 bits per heavy atom. The fourth-order valence-electron chi connectivity index (χ4n) is 2.48. The molecule has 0 radical (unpaired) electrons. The van der Waals surface area contributed by atoms with Gasteiger partial charge >= 0.3 is 0 Å². The van der Waals surface area contributed by atoms with Crippen molar-refractivity contribution in [2.75, 3.05) is 26.2 Å². The fraction of sp³-hybridized carbons (Fsp3) is 0.467. The van der Waals surface area contributed by atoms with E-state index in [1.807, 2.05) is 12.1 Å². The molecule has 3 nitrogen and oxygen atoms in total. The van der Waals surface area contributed by atoms with E-state index >= 15 is 0 Å². The van der Waals surface area contributed by atoms with Crippen LogP contribution in [0.3, 0.4) is 0 Å². The number of piperazine rings is 1. The van der Waals surface area contributed by atoms with Crippen LogP contribution in [0.5, 0.6) is 5.75 Å². The van der Waals surface area contributed by atoms with Crippen LogP contribution in [0.25, 0.3) is 0 Å². The highest BCUT2D eigenvalue weighted by atomic mass is 35.5. The van der Waals surface area contributed by atoms with Crippen LogP contribution in [0.4, 0.5) is 0 Å². The smallest absolute Gasteiger partial charge is 0.115 e. The number of benzene rings is 1. The Morgan fingerprint density at radius 1 is 1.25 bits per heavy atom. The summed E-state index contributed by atoms with van der Waals surface area (Å²) >= 11 is 0. The normalized spacial score (nSPS) is 16.6. The van der Waals surface area contributed by atoms with Crippen LogP contribution in [0.15, 0.2) is 36.4 Å². The molecule has 1 atom stereocenters. The van der Waals surface area contributed by atoms with Crippen molar-refractivity contribution in [2.24, 2.45) is 0 Å². The Labute approximate surface area is 133 Å². The largest absolute Gasteiger partial charge is 0.508 e. The Hall–Kier alpha value is -0.740. The van der Waals surface area contributed by atoms with Gasteiger partial charge in [-0.25, -0.2) is 0 Å². The maximum atomic E-state index is 9.39. The predicted molar refractivity (Wildman–Crippen MR) is 89.2 cm³/mol. The summed E-state index contributed by atoms with van der Waals surface area (Å²) in [5.74, 6) is 0.327. The molecule has 1 heterocycles. The number of rotatable bonds is 4. The molecule has 0 unspecified atom stereocenters. The molecule has 2 rings (SSSR count). The number of aromatic hydroxyl groups is 1. The summed E-state index contributed by atoms with van der Waals surface area (Å²) in [6.07, 6.45) is 0.977. The lowest BCUT2D eigenvalue weighted by atomic mass is 9.98. The van der Waals surface area contributed by atoms with Gasteiger partial charge < -0.3 is 10.4 Å². The highest BCUT2D eigenvalue weighted by molar-refractivity contribution is 5.85. The highest BCUT2D eigenvalue weighted by Gasteiger charge is 2.21. The van der Waals surface area contributed by atoms with Crippen LogP contribution >= 0.6 is 24.8 Å². The summed E-state index contributed by atoms with van der Waals surface area (Å²) in [7, 11) is 0. The van der Waals surface area contributed by atoms with Gasteiger partial charge in [0, 0.05) is 32.2 Å². The van der Waals surface area contributed by atoms with E-state index in [2.05, 4.69) is 23.7 Å². The molecule has 0 saturated carbocycles. The third-order valence-corrected chi connectivity index (χ3v) is 3.41. The van der Waals surface area contributed by atoms with Gasteiger partial charge in [0.05, 0.1) is 0 Å². The van der Waals surface area contributed by atoms with Gasteiger partial charge in [0.1, 0.15) is 5.75 Å². The average Bonchev–Trinajstić information content (AvgIpc) is 2.38. The summed E-state index contributed by atoms with van der Waals surface area (Å²) in [5, 5.41) is 12.8. The quantitative estimate of drug-likeness (QED) is 0.837. The number of phenols is 1. The number of phenolic OH excluding ortho intramolecular Hbond substituents is 1. The molecule has 1 aromatic rings. The number of halogens is 2. The number of hydrogen-bond acceptors (Lipinski definition) is 3. The highest BCUT2D eigenvalue weighted by Crippen LogP contribution is 2.28. The maximum Gasteiger partial charge on any atom is 0.115 e. The molecule has 1 aliphatic rings. The van der Waals surface area contributed by atoms with E-state index in [1.165, 1.54) is 11.1 Å². The SMILES string of the molecule is C=C(C)C[C@H](c1ccc(O)cc1)N1CCNCC1.Cl.Cl. The zero-order valence-electron chi connectivity index (χ0n) is 11.8. The molecule has 1 fully saturated rings. The van der Waals surface area contributed by atoms with Crippen molar-refractivity contribution < 1.29 is 5.11 Å². The average molecular weight is 319 g/mol. The monoisotopic (exact) mass is 318 g/mol. The molecule has 2 N–H and O–H groups in total. The third-order valence-electron chi connectivity index (χ3n) is 3.41. The number of nitrogens with one attached hydrogen (secondary N) is 1. The molecule has 0 spiro atoms. The van der Waals surface area contributed by atoms with Crippen molar-refractivity contribution in [3.63, 3.8) is 0 Å². The van der Waals surface area contributed by atoms with Gasteiger partial charge in [-0.15, -0.1) is 31.4 Å². The van der Waals surface area contributed by atoms with Crippen LogP contribution in [-0.2, 0) is 0 Å². The molecule has 0 amide bonds. The van der Waals surface area contributed by atoms with Crippen LogP contribution in [0.1, 0.15) is 24.9 Å². The van der Waals surface area contributed by atoms with Gasteiger partial charge in [0.2, 0.25) is 0 Å². The fourth-order valence-corrected chi connectivity index (χ4v) is 2.48. The molecular weight excluding hydrogens is 295 g/mol. The van der Waals surface area contributed by atoms with Crippen LogP contribution in [0.2, 0.25) is 0 Å². The zero-order chi connectivity index (χ0) is 13.0. The molecule has 0 aromatic heterocycles. The van der Waals surface area contributed by atoms with Gasteiger partial charge in [-0.2, -0.15) is 0 Å².